The van der Waals surface area contributed by atoms with Gasteiger partial charge < -0.3 is 5.32 Å². The lowest BCUT2D eigenvalue weighted by atomic mass is 9.81. The summed E-state index contributed by atoms with van der Waals surface area (Å²) in [4.78, 5) is -0.626. The Morgan fingerprint density at radius 3 is 2.52 bits per heavy atom. The van der Waals surface area contributed by atoms with Gasteiger partial charge in [-0.05, 0) is 50.4 Å². The molecule has 7 heteroatoms. The third-order valence-electron chi connectivity index (χ3n) is 3.92. The number of hydrogen-bond donors (Lipinski definition) is 2. The average Bonchev–Trinajstić information content (AvgIpc) is 2.30. The summed E-state index contributed by atoms with van der Waals surface area (Å²) in [6.45, 7) is 2.02. The molecule has 118 valence electrons. The van der Waals surface area contributed by atoms with Gasteiger partial charge in [0.2, 0.25) is 10.0 Å². The first-order valence-corrected chi connectivity index (χ1v) is 8.48. The lowest BCUT2D eigenvalue weighted by molar-refractivity contribution is 0.260. The van der Waals surface area contributed by atoms with Crippen LogP contribution in [0.25, 0.3) is 0 Å². The van der Waals surface area contributed by atoms with Crippen molar-refractivity contribution < 1.29 is 17.2 Å². The molecule has 0 saturated heterocycles. The number of benzene rings is 1. The van der Waals surface area contributed by atoms with Gasteiger partial charge in [0, 0.05) is 12.6 Å². The highest BCUT2D eigenvalue weighted by Gasteiger charge is 2.30. The first-order chi connectivity index (χ1) is 9.85. The minimum atomic E-state index is -4.07. The second-order valence-corrected chi connectivity index (χ2v) is 7.20. The van der Waals surface area contributed by atoms with Gasteiger partial charge in [-0.1, -0.05) is 6.42 Å². The zero-order chi connectivity index (χ0) is 15.6. The van der Waals surface area contributed by atoms with Gasteiger partial charge in [0.1, 0.15) is 4.90 Å². The molecule has 2 rings (SSSR count). The molecule has 1 aromatic rings. The van der Waals surface area contributed by atoms with Gasteiger partial charge in [-0.2, -0.15) is 0 Å². The van der Waals surface area contributed by atoms with Crippen LogP contribution in [0.4, 0.5) is 8.78 Å². The summed E-state index contributed by atoms with van der Waals surface area (Å²) in [6, 6.07) is 1.89. The van der Waals surface area contributed by atoms with Crippen LogP contribution in [0.2, 0.25) is 0 Å². The van der Waals surface area contributed by atoms with Crippen molar-refractivity contribution in [3.63, 3.8) is 0 Å². The fraction of sp³-hybridized carbons (Fsp3) is 0.571. The van der Waals surface area contributed by atoms with Gasteiger partial charge in [-0.3, -0.25) is 0 Å². The zero-order valence-corrected chi connectivity index (χ0v) is 12.9. The van der Waals surface area contributed by atoms with Crippen LogP contribution in [-0.4, -0.2) is 21.5 Å². The first kappa shape index (κ1) is 16.3. The Bertz CT molecular complexity index is 616. The molecular weight excluding hydrogens is 298 g/mol. The summed E-state index contributed by atoms with van der Waals surface area (Å²) < 4.78 is 54.4. The number of rotatable bonds is 6. The van der Waals surface area contributed by atoms with Crippen LogP contribution < -0.4 is 10.0 Å². The number of sulfonamides is 1. The Kier molecular flexibility index (Phi) is 4.95. The molecule has 1 atom stereocenters. The third kappa shape index (κ3) is 3.59. The molecule has 0 spiro atoms. The molecule has 4 nitrogen and oxygen atoms in total. The van der Waals surface area contributed by atoms with Crippen molar-refractivity contribution in [1.82, 2.24) is 10.0 Å². The van der Waals surface area contributed by atoms with Crippen molar-refractivity contribution in [2.45, 2.75) is 43.7 Å². The maximum Gasteiger partial charge on any atom is 0.243 e. The molecule has 0 heterocycles. The van der Waals surface area contributed by atoms with Gasteiger partial charge in [0.25, 0.3) is 0 Å². The molecule has 1 fully saturated rings. The fourth-order valence-electron chi connectivity index (χ4n) is 2.46. The first-order valence-electron chi connectivity index (χ1n) is 7.00. The van der Waals surface area contributed by atoms with Crippen LogP contribution in [0.1, 0.15) is 31.7 Å². The zero-order valence-electron chi connectivity index (χ0n) is 12.1. The van der Waals surface area contributed by atoms with E-state index in [-0.39, 0.29) is 18.5 Å². The smallest absolute Gasteiger partial charge is 0.243 e. The van der Waals surface area contributed by atoms with Crippen molar-refractivity contribution in [2.24, 2.45) is 5.92 Å². The fourth-order valence-corrected chi connectivity index (χ4v) is 3.91. The van der Waals surface area contributed by atoms with Crippen LogP contribution in [0.15, 0.2) is 17.0 Å². The molecule has 1 aliphatic carbocycles. The highest BCUT2D eigenvalue weighted by atomic mass is 32.2. The van der Waals surface area contributed by atoms with Gasteiger partial charge >= 0.3 is 0 Å². The van der Waals surface area contributed by atoms with Crippen molar-refractivity contribution in [2.75, 3.05) is 7.05 Å². The van der Waals surface area contributed by atoms with Crippen molar-refractivity contribution in [3.05, 3.63) is 29.3 Å². The summed E-state index contributed by atoms with van der Waals surface area (Å²) in [6.07, 6.45) is 3.00. The molecule has 0 aliphatic heterocycles. The largest absolute Gasteiger partial charge is 0.316 e. The second kappa shape index (κ2) is 6.37. The summed E-state index contributed by atoms with van der Waals surface area (Å²) >= 11 is 0. The molecule has 0 radical (unpaired) electrons. The summed E-state index contributed by atoms with van der Waals surface area (Å²) in [5.74, 6) is -2.21. The summed E-state index contributed by atoms with van der Waals surface area (Å²) in [7, 11) is -2.42. The molecule has 2 N–H and O–H groups in total. The predicted octanol–water partition coefficient (Wildman–Crippen LogP) is 2.15. The molecule has 0 bridgehead atoms. The maximum absolute atomic E-state index is 13.9. The molecular formula is C14H20F2N2O2S. The monoisotopic (exact) mass is 318 g/mol. The van der Waals surface area contributed by atoms with Gasteiger partial charge in [0.15, 0.2) is 11.6 Å². The topological polar surface area (TPSA) is 58.2 Å². The molecule has 1 aliphatic rings. The van der Waals surface area contributed by atoms with E-state index in [0.717, 1.165) is 25.3 Å². The standard InChI is InChI=1S/C14H20F2N2O2S/c1-9(11-4-3-5-11)18-21(19,20)13-7-10(8-17-2)6-12(15)14(13)16/h6-7,9,11,17-18H,3-5,8H2,1-2H3. The van der Waals surface area contributed by atoms with E-state index in [4.69, 9.17) is 0 Å². The molecule has 0 aromatic heterocycles. The van der Waals surface area contributed by atoms with E-state index in [9.17, 15) is 17.2 Å². The molecule has 1 saturated carbocycles. The lowest BCUT2D eigenvalue weighted by Crippen LogP contribution is -2.41. The van der Waals surface area contributed by atoms with Crippen molar-refractivity contribution >= 4 is 10.0 Å². The SMILES string of the molecule is CNCc1cc(F)c(F)c(S(=O)(=O)NC(C)C2CCC2)c1. The van der Waals surface area contributed by atoms with Gasteiger partial charge in [-0.15, -0.1) is 0 Å². The van der Waals surface area contributed by atoms with Gasteiger partial charge in [-0.25, -0.2) is 21.9 Å². The minimum absolute atomic E-state index is 0.262. The predicted molar refractivity (Wildman–Crippen MR) is 76.2 cm³/mol. The van der Waals surface area contributed by atoms with E-state index in [0.29, 0.717) is 5.56 Å². The molecule has 1 unspecified atom stereocenters. The molecule has 21 heavy (non-hydrogen) atoms. The number of halogens is 2. The lowest BCUT2D eigenvalue weighted by Gasteiger charge is -2.31. The Morgan fingerprint density at radius 2 is 2.00 bits per heavy atom. The average molecular weight is 318 g/mol. The Balaban J connectivity index is 2.29. The Morgan fingerprint density at radius 1 is 1.33 bits per heavy atom. The van der Waals surface area contributed by atoms with E-state index in [1.165, 1.54) is 6.07 Å². The van der Waals surface area contributed by atoms with Crippen LogP contribution >= 0.6 is 0 Å². The molecule has 1 aromatic carbocycles. The quantitative estimate of drug-likeness (QED) is 0.845. The third-order valence-corrected chi connectivity index (χ3v) is 5.48. The summed E-state index contributed by atoms with van der Waals surface area (Å²) in [5.41, 5.74) is 0.382. The second-order valence-electron chi connectivity index (χ2n) is 5.52. The van der Waals surface area contributed by atoms with Crippen LogP contribution in [0.3, 0.4) is 0 Å². The Hall–Kier alpha value is -1.05. The van der Waals surface area contributed by atoms with Crippen LogP contribution in [0, 0.1) is 17.6 Å². The van der Waals surface area contributed by atoms with Crippen molar-refractivity contribution in [1.29, 1.82) is 0 Å². The normalized spacial score (nSPS) is 17.5. The van der Waals surface area contributed by atoms with E-state index in [1.54, 1.807) is 14.0 Å². The van der Waals surface area contributed by atoms with E-state index in [1.807, 2.05) is 0 Å². The Labute approximate surface area is 124 Å². The van der Waals surface area contributed by atoms with Crippen LogP contribution in [0.5, 0.6) is 0 Å². The van der Waals surface area contributed by atoms with E-state index >= 15 is 0 Å². The van der Waals surface area contributed by atoms with E-state index in [2.05, 4.69) is 10.0 Å². The number of hydrogen-bond acceptors (Lipinski definition) is 3. The van der Waals surface area contributed by atoms with Crippen LogP contribution in [-0.2, 0) is 16.6 Å². The van der Waals surface area contributed by atoms with Gasteiger partial charge in [0.05, 0.1) is 0 Å². The highest BCUT2D eigenvalue weighted by Crippen LogP contribution is 2.30. The maximum atomic E-state index is 13.9. The number of nitrogens with one attached hydrogen (secondary N) is 2. The minimum Gasteiger partial charge on any atom is -0.316 e. The summed E-state index contributed by atoms with van der Waals surface area (Å²) in [5, 5.41) is 2.78. The van der Waals surface area contributed by atoms with Crippen molar-refractivity contribution in [3.8, 4) is 0 Å². The van der Waals surface area contributed by atoms with E-state index < -0.39 is 26.6 Å². The highest BCUT2D eigenvalue weighted by molar-refractivity contribution is 7.89. The molecule has 0 amide bonds.